The molecular weight excluding hydrogens is 278 g/mol. The number of aromatic nitrogens is 2. The van der Waals surface area contributed by atoms with E-state index in [2.05, 4.69) is 10.4 Å². The van der Waals surface area contributed by atoms with E-state index in [0.717, 1.165) is 30.8 Å². The number of carboxylic acids is 1. The second kappa shape index (κ2) is 5.74. The molecule has 2 atom stereocenters. The van der Waals surface area contributed by atoms with Crippen LogP contribution < -0.4 is 5.32 Å². The molecule has 0 saturated heterocycles. The maximum atomic E-state index is 11.6. The highest BCUT2D eigenvalue weighted by Crippen LogP contribution is 2.39. The number of nitrogens with one attached hydrogen (secondary N) is 1. The topological polar surface area (TPSA) is 67.2 Å². The molecule has 1 saturated carbocycles. The SMILES string of the molecule is CCCNC1(C(=O)O)CCC(n2nc(C)c(Cl)c2C)C1. The Kier molecular flexibility index (Phi) is 4.39. The highest BCUT2D eigenvalue weighted by Gasteiger charge is 2.46. The molecule has 1 aliphatic rings. The molecule has 0 bridgehead atoms. The zero-order valence-electron chi connectivity index (χ0n) is 12.2. The normalized spacial score (nSPS) is 26.1. The van der Waals surface area contributed by atoms with Crippen molar-refractivity contribution in [1.29, 1.82) is 0 Å². The molecule has 1 aliphatic carbocycles. The Hall–Kier alpha value is -1.07. The predicted molar refractivity (Wildman–Crippen MR) is 78.3 cm³/mol. The molecule has 0 aliphatic heterocycles. The van der Waals surface area contributed by atoms with Gasteiger partial charge in [-0.05, 0) is 46.1 Å². The summed E-state index contributed by atoms with van der Waals surface area (Å²) in [6, 6.07) is 0.0988. The third-order valence-corrected chi connectivity index (χ3v) is 4.74. The molecule has 2 rings (SSSR count). The van der Waals surface area contributed by atoms with Crippen molar-refractivity contribution >= 4 is 17.6 Å². The molecule has 0 aromatic carbocycles. The van der Waals surface area contributed by atoms with Crippen LogP contribution in [-0.4, -0.2) is 32.9 Å². The summed E-state index contributed by atoms with van der Waals surface area (Å²) in [5.74, 6) is -0.763. The maximum Gasteiger partial charge on any atom is 0.323 e. The van der Waals surface area contributed by atoms with E-state index in [4.69, 9.17) is 11.6 Å². The Balaban J connectivity index is 2.21. The minimum Gasteiger partial charge on any atom is -0.480 e. The zero-order valence-corrected chi connectivity index (χ0v) is 13.0. The summed E-state index contributed by atoms with van der Waals surface area (Å²) in [5, 5.41) is 17.9. The van der Waals surface area contributed by atoms with Crippen molar-refractivity contribution in [1.82, 2.24) is 15.1 Å². The molecule has 1 fully saturated rings. The minimum absolute atomic E-state index is 0.0988. The van der Waals surface area contributed by atoms with Crippen molar-refractivity contribution in [3.05, 3.63) is 16.4 Å². The highest BCUT2D eigenvalue weighted by atomic mass is 35.5. The number of aryl methyl sites for hydroxylation is 1. The summed E-state index contributed by atoms with van der Waals surface area (Å²) in [6.07, 6.45) is 2.91. The van der Waals surface area contributed by atoms with Crippen LogP contribution in [0.2, 0.25) is 5.02 Å². The molecule has 6 heteroatoms. The number of halogens is 1. The molecule has 20 heavy (non-hydrogen) atoms. The highest BCUT2D eigenvalue weighted by molar-refractivity contribution is 6.31. The van der Waals surface area contributed by atoms with Crippen LogP contribution in [0.25, 0.3) is 0 Å². The molecule has 1 heterocycles. The summed E-state index contributed by atoms with van der Waals surface area (Å²) in [4.78, 5) is 11.6. The van der Waals surface area contributed by atoms with Gasteiger partial charge in [0.2, 0.25) is 0 Å². The first kappa shape index (κ1) is 15.3. The van der Waals surface area contributed by atoms with Crippen molar-refractivity contribution in [3.8, 4) is 0 Å². The van der Waals surface area contributed by atoms with Crippen molar-refractivity contribution < 1.29 is 9.90 Å². The van der Waals surface area contributed by atoms with Crippen LogP contribution in [0.5, 0.6) is 0 Å². The summed E-state index contributed by atoms with van der Waals surface area (Å²) in [7, 11) is 0. The number of hydrogen-bond acceptors (Lipinski definition) is 3. The fourth-order valence-electron chi connectivity index (χ4n) is 3.02. The smallest absolute Gasteiger partial charge is 0.323 e. The number of nitrogens with zero attached hydrogens (tertiary/aromatic N) is 2. The van der Waals surface area contributed by atoms with Crippen molar-refractivity contribution in [2.24, 2.45) is 0 Å². The Labute approximate surface area is 124 Å². The lowest BCUT2D eigenvalue weighted by Crippen LogP contribution is -2.50. The van der Waals surface area contributed by atoms with Gasteiger partial charge in [-0.25, -0.2) is 0 Å². The lowest BCUT2D eigenvalue weighted by molar-refractivity contribution is -0.144. The van der Waals surface area contributed by atoms with Crippen molar-refractivity contribution in [2.75, 3.05) is 6.54 Å². The second-order valence-electron chi connectivity index (χ2n) is 5.64. The molecule has 1 aromatic rings. The summed E-state index contributed by atoms with van der Waals surface area (Å²) >= 11 is 6.18. The molecular formula is C14H22ClN3O2. The van der Waals surface area contributed by atoms with E-state index >= 15 is 0 Å². The van der Waals surface area contributed by atoms with Gasteiger partial charge in [0.15, 0.2) is 0 Å². The van der Waals surface area contributed by atoms with Gasteiger partial charge in [0.05, 0.1) is 22.5 Å². The first-order chi connectivity index (χ1) is 9.41. The number of carboxylic acid groups (broad SMARTS) is 1. The second-order valence-corrected chi connectivity index (χ2v) is 6.02. The van der Waals surface area contributed by atoms with Gasteiger partial charge in [0.25, 0.3) is 0 Å². The predicted octanol–water partition coefficient (Wildman–Crippen LogP) is 2.70. The van der Waals surface area contributed by atoms with E-state index in [9.17, 15) is 9.90 Å². The Morgan fingerprint density at radius 1 is 1.60 bits per heavy atom. The van der Waals surface area contributed by atoms with Gasteiger partial charge in [-0.15, -0.1) is 0 Å². The first-order valence-electron chi connectivity index (χ1n) is 7.11. The molecule has 2 unspecified atom stereocenters. The van der Waals surface area contributed by atoms with Crippen LogP contribution in [-0.2, 0) is 4.79 Å². The first-order valence-corrected chi connectivity index (χ1v) is 7.48. The standard InChI is InChI=1S/C14H22ClN3O2/c1-4-7-16-14(13(19)20)6-5-11(8-14)18-10(3)12(15)9(2)17-18/h11,16H,4-8H2,1-3H3,(H,19,20). The summed E-state index contributed by atoms with van der Waals surface area (Å²) < 4.78 is 1.90. The number of aliphatic carboxylic acids is 1. The van der Waals surface area contributed by atoms with Gasteiger partial charge < -0.3 is 10.4 Å². The van der Waals surface area contributed by atoms with Crippen LogP contribution in [0.4, 0.5) is 0 Å². The molecule has 2 N–H and O–H groups in total. The quantitative estimate of drug-likeness (QED) is 0.877. The molecule has 0 amide bonds. The van der Waals surface area contributed by atoms with E-state index in [0.29, 0.717) is 17.9 Å². The summed E-state index contributed by atoms with van der Waals surface area (Å²) in [6.45, 7) is 6.57. The zero-order chi connectivity index (χ0) is 14.9. The lowest BCUT2D eigenvalue weighted by atomic mass is 9.97. The average molecular weight is 300 g/mol. The monoisotopic (exact) mass is 299 g/mol. The van der Waals surface area contributed by atoms with Gasteiger partial charge in [-0.1, -0.05) is 18.5 Å². The van der Waals surface area contributed by atoms with E-state index < -0.39 is 11.5 Å². The molecule has 0 radical (unpaired) electrons. The molecule has 1 aromatic heterocycles. The van der Waals surface area contributed by atoms with Crippen LogP contribution in [0, 0.1) is 13.8 Å². The minimum atomic E-state index is -0.820. The Morgan fingerprint density at radius 2 is 2.30 bits per heavy atom. The van der Waals surface area contributed by atoms with Crippen LogP contribution in [0.15, 0.2) is 0 Å². The van der Waals surface area contributed by atoms with E-state index in [1.54, 1.807) is 0 Å². The van der Waals surface area contributed by atoms with Gasteiger partial charge in [0.1, 0.15) is 5.54 Å². The maximum absolute atomic E-state index is 11.6. The average Bonchev–Trinajstić information content (AvgIpc) is 2.95. The van der Waals surface area contributed by atoms with Crippen LogP contribution >= 0.6 is 11.6 Å². The fourth-order valence-corrected chi connectivity index (χ4v) is 3.15. The number of rotatable bonds is 5. The van der Waals surface area contributed by atoms with Gasteiger partial charge in [-0.3, -0.25) is 9.48 Å². The Morgan fingerprint density at radius 3 is 2.80 bits per heavy atom. The summed E-state index contributed by atoms with van der Waals surface area (Å²) in [5.41, 5.74) is 0.906. The molecule has 112 valence electrons. The molecule has 5 nitrogen and oxygen atoms in total. The van der Waals surface area contributed by atoms with Crippen LogP contribution in [0.3, 0.4) is 0 Å². The molecule has 0 spiro atoms. The number of hydrogen-bond donors (Lipinski definition) is 2. The lowest BCUT2D eigenvalue weighted by Gasteiger charge is -2.26. The Bertz CT molecular complexity index is 515. The third kappa shape index (κ3) is 2.56. The van der Waals surface area contributed by atoms with E-state index in [-0.39, 0.29) is 6.04 Å². The third-order valence-electron chi connectivity index (χ3n) is 4.19. The van der Waals surface area contributed by atoms with Crippen molar-refractivity contribution in [2.45, 2.75) is 58.0 Å². The fraction of sp³-hybridized carbons (Fsp3) is 0.714. The van der Waals surface area contributed by atoms with Gasteiger partial charge >= 0.3 is 5.97 Å². The van der Waals surface area contributed by atoms with Gasteiger partial charge in [-0.2, -0.15) is 5.10 Å². The van der Waals surface area contributed by atoms with Crippen molar-refractivity contribution in [3.63, 3.8) is 0 Å². The van der Waals surface area contributed by atoms with Crippen LogP contribution in [0.1, 0.15) is 50.0 Å². The number of carbonyl (C=O) groups is 1. The largest absolute Gasteiger partial charge is 0.480 e. The van der Waals surface area contributed by atoms with Gasteiger partial charge in [0, 0.05) is 0 Å². The van der Waals surface area contributed by atoms with E-state index in [1.165, 1.54) is 0 Å². The van der Waals surface area contributed by atoms with E-state index in [1.807, 2.05) is 25.5 Å².